The van der Waals surface area contributed by atoms with E-state index < -0.39 is 10.0 Å². The zero-order chi connectivity index (χ0) is 20.6. The quantitative estimate of drug-likeness (QED) is 0.620. The van der Waals surface area contributed by atoms with Gasteiger partial charge in [0.15, 0.2) is 23.0 Å². The Labute approximate surface area is 173 Å². The predicted molar refractivity (Wildman–Crippen MR) is 108 cm³/mol. The van der Waals surface area contributed by atoms with Gasteiger partial charge in [-0.1, -0.05) is 6.07 Å². The lowest BCUT2D eigenvalue weighted by Gasteiger charge is -2.26. The number of aromatic nitrogens is 1. The lowest BCUT2D eigenvalue weighted by Crippen LogP contribution is -2.30. The van der Waals surface area contributed by atoms with E-state index in [1.807, 2.05) is 6.07 Å². The van der Waals surface area contributed by atoms with Gasteiger partial charge in [0.05, 0.1) is 17.1 Å². The Balaban J connectivity index is 1.58. The van der Waals surface area contributed by atoms with Crippen LogP contribution in [-0.2, 0) is 16.6 Å². The third kappa shape index (κ3) is 3.37. The van der Waals surface area contributed by atoms with E-state index >= 15 is 0 Å². The molecule has 154 valence electrons. The van der Waals surface area contributed by atoms with Crippen LogP contribution in [-0.4, -0.2) is 33.4 Å². The number of fused-ring (bicyclic) bond motifs is 2. The lowest BCUT2D eigenvalue weighted by molar-refractivity contribution is 0.171. The third-order valence-electron chi connectivity index (χ3n) is 4.79. The Bertz CT molecular complexity index is 1180. The smallest absolute Gasteiger partial charge is 0.264 e. The first-order valence-electron chi connectivity index (χ1n) is 9.32. The van der Waals surface area contributed by atoms with Crippen molar-refractivity contribution in [2.24, 2.45) is 0 Å². The van der Waals surface area contributed by atoms with Gasteiger partial charge in [-0.15, -0.1) is 0 Å². The summed E-state index contributed by atoms with van der Waals surface area (Å²) in [6.45, 7) is 1.02. The molecule has 0 radical (unpaired) electrons. The number of ether oxygens (including phenoxy) is 4. The Morgan fingerprint density at radius 2 is 1.60 bits per heavy atom. The van der Waals surface area contributed by atoms with Crippen molar-refractivity contribution in [1.82, 2.24) is 4.98 Å². The largest absolute Gasteiger partial charge is 0.486 e. The minimum absolute atomic E-state index is 0.101. The molecule has 0 fully saturated rings. The fourth-order valence-corrected chi connectivity index (χ4v) is 4.78. The zero-order valence-electron chi connectivity index (χ0n) is 15.9. The number of hydrogen-bond donors (Lipinski definition) is 0. The fourth-order valence-electron chi connectivity index (χ4n) is 3.32. The Morgan fingerprint density at radius 1 is 0.867 bits per heavy atom. The van der Waals surface area contributed by atoms with Crippen molar-refractivity contribution in [3.8, 4) is 23.0 Å². The van der Waals surface area contributed by atoms with Crippen molar-refractivity contribution in [1.29, 1.82) is 0 Å². The summed E-state index contributed by atoms with van der Waals surface area (Å²) in [6, 6.07) is 13.3. The molecule has 3 aromatic rings. The van der Waals surface area contributed by atoms with E-state index in [4.69, 9.17) is 18.9 Å². The summed E-state index contributed by atoms with van der Waals surface area (Å²) < 4.78 is 50.5. The molecule has 0 saturated carbocycles. The number of rotatable bonds is 5. The fraction of sp³-hybridized carbons (Fsp3) is 0.190. The molecule has 0 amide bonds. The molecule has 9 heteroatoms. The first-order valence-corrected chi connectivity index (χ1v) is 10.8. The normalized spacial score (nSPS) is 14.4. The van der Waals surface area contributed by atoms with Crippen LogP contribution in [0, 0.1) is 0 Å². The van der Waals surface area contributed by atoms with Crippen molar-refractivity contribution in [3.05, 3.63) is 66.5 Å². The second-order valence-corrected chi connectivity index (χ2v) is 8.58. The van der Waals surface area contributed by atoms with Gasteiger partial charge in [0.25, 0.3) is 10.0 Å². The predicted octanol–water partition coefficient (Wildman–Crippen LogP) is 2.98. The molecule has 5 rings (SSSR count). The highest BCUT2D eigenvalue weighted by atomic mass is 32.2. The number of hydrogen-bond acceptors (Lipinski definition) is 7. The van der Waals surface area contributed by atoms with E-state index in [1.54, 1.807) is 42.7 Å². The van der Waals surface area contributed by atoms with Crippen molar-refractivity contribution < 1.29 is 27.4 Å². The SMILES string of the molecule is O=S(=O)(c1ccc2c(c1)OCCO2)N(Cc1cccnc1)c1ccc2c(c1)OCO2. The molecule has 0 unspecified atom stereocenters. The molecule has 2 aromatic carbocycles. The van der Waals surface area contributed by atoms with Gasteiger partial charge in [-0.3, -0.25) is 9.29 Å². The summed E-state index contributed by atoms with van der Waals surface area (Å²) in [5.41, 5.74) is 1.20. The number of anilines is 1. The third-order valence-corrected chi connectivity index (χ3v) is 6.56. The number of sulfonamides is 1. The van der Waals surface area contributed by atoms with Crippen LogP contribution >= 0.6 is 0 Å². The molecular formula is C21H18N2O6S. The second-order valence-electron chi connectivity index (χ2n) is 6.72. The number of benzene rings is 2. The molecule has 1 aromatic heterocycles. The molecular weight excluding hydrogens is 408 g/mol. The van der Waals surface area contributed by atoms with Gasteiger partial charge in [0, 0.05) is 24.5 Å². The van der Waals surface area contributed by atoms with E-state index in [1.165, 1.54) is 16.4 Å². The topological polar surface area (TPSA) is 87.2 Å². The molecule has 0 N–H and O–H groups in total. The maximum Gasteiger partial charge on any atom is 0.264 e. The molecule has 2 aliphatic heterocycles. The van der Waals surface area contributed by atoms with Crippen molar-refractivity contribution in [2.75, 3.05) is 24.3 Å². The summed E-state index contributed by atoms with van der Waals surface area (Å²) >= 11 is 0. The van der Waals surface area contributed by atoms with Crippen LogP contribution < -0.4 is 23.3 Å². The first kappa shape index (κ1) is 18.6. The van der Waals surface area contributed by atoms with Crippen LogP contribution in [0.15, 0.2) is 65.8 Å². The van der Waals surface area contributed by atoms with Crippen molar-refractivity contribution >= 4 is 15.7 Å². The minimum Gasteiger partial charge on any atom is -0.486 e. The first-order chi connectivity index (χ1) is 14.6. The highest BCUT2D eigenvalue weighted by molar-refractivity contribution is 7.92. The van der Waals surface area contributed by atoms with Gasteiger partial charge >= 0.3 is 0 Å². The Morgan fingerprint density at radius 3 is 2.43 bits per heavy atom. The van der Waals surface area contributed by atoms with Crippen LogP contribution in [0.5, 0.6) is 23.0 Å². The summed E-state index contributed by atoms with van der Waals surface area (Å²) in [6.07, 6.45) is 3.28. The summed E-state index contributed by atoms with van der Waals surface area (Å²) in [7, 11) is -3.93. The molecule has 3 heterocycles. The van der Waals surface area contributed by atoms with E-state index in [0.29, 0.717) is 41.9 Å². The molecule has 0 spiro atoms. The van der Waals surface area contributed by atoms with E-state index in [9.17, 15) is 8.42 Å². The van der Waals surface area contributed by atoms with Crippen LogP contribution in [0.2, 0.25) is 0 Å². The maximum atomic E-state index is 13.7. The van der Waals surface area contributed by atoms with Gasteiger partial charge in [0.2, 0.25) is 6.79 Å². The van der Waals surface area contributed by atoms with Crippen molar-refractivity contribution in [2.45, 2.75) is 11.4 Å². The number of pyridine rings is 1. The van der Waals surface area contributed by atoms with E-state index in [0.717, 1.165) is 5.56 Å². The molecule has 2 aliphatic rings. The van der Waals surface area contributed by atoms with Crippen LogP contribution in [0.4, 0.5) is 5.69 Å². The molecule has 0 aliphatic carbocycles. The Kier molecular flexibility index (Phi) is 4.59. The highest BCUT2D eigenvalue weighted by Gasteiger charge is 2.29. The van der Waals surface area contributed by atoms with Gasteiger partial charge in [-0.2, -0.15) is 0 Å². The molecule has 0 bridgehead atoms. The van der Waals surface area contributed by atoms with Crippen LogP contribution in [0.3, 0.4) is 0 Å². The maximum absolute atomic E-state index is 13.7. The van der Waals surface area contributed by atoms with E-state index in [-0.39, 0.29) is 18.2 Å². The molecule has 30 heavy (non-hydrogen) atoms. The van der Waals surface area contributed by atoms with Gasteiger partial charge in [-0.25, -0.2) is 8.42 Å². The van der Waals surface area contributed by atoms with Crippen LogP contribution in [0.1, 0.15) is 5.56 Å². The summed E-state index contributed by atoms with van der Waals surface area (Å²) in [4.78, 5) is 4.20. The van der Waals surface area contributed by atoms with Gasteiger partial charge in [-0.05, 0) is 35.9 Å². The Hall–Kier alpha value is -3.46. The summed E-state index contributed by atoms with van der Waals surface area (Å²) in [5.74, 6) is 2.02. The molecule has 0 atom stereocenters. The van der Waals surface area contributed by atoms with Crippen LogP contribution in [0.25, 0.3) is 0 Å². The lowest BCUT2D eigenvalue weighted by atomic mass is 10.2. The molecule has 8 nitrogen and oxygen atoms in total. The minimum atomic E-state index is -3.93. The number of nitrogens with zero attached hydrogens (tertiary/aromatic N) is 2. The highest BCUT2D eigenvalue weighted by Crippen LogP contribution is 2.39. The summed E-state index contributed by atoms with van der Waals surface area (Å²) in [5, 5.41) is 0. The average Bonchev–Trinajstić information content (AvgIpc) is 3.25. The average molecular weight is 426 g/mol. The monoisotopic (exact) mass is 426 g/mol. The van der Waals surface area contributed by atoms with Gasteiger partial charge < -0.3 is 18.9 Å². The van der Waals surface area contributed by atoms with Gasteiger partial charge in [0.1, 0.15) is 13.2 Å². The molecule has 0 saturated heterocycles. The standard InChI is InChI=1S/C21H18N2O6S/c24-30(25,17-4-6-18-21(11-17)27-9-8-26-18)23(13-15-2-1-7-22-12-15)16-3-5-19-20(10-16)29-14-28-19/h1-7,10-12H,8-9,13-14H2. The zero-order valence-corrected chi connectivity index (χ0v) is 16.7. The second kappa shape index (κ2) is 7.42. The van der Waals surface area contributed by atoms with Crippen molar-refractivity contribution in [3.63, 3.8) is 0 Å². The van der Waals surface area contributed by atoms with E-state index in [2.05, 4.69) is 4.98 Å².